The maximum Gasteiger partial charge on any atom is 0.335 e. The minimum atomic E-state index is -0.932. The zero-order valence-electron chi connectivity index (χ0n) is 9.11. The minimum absolute atomic E-state index is 0.263. The van der Waals surface area contributed by atoms with E-state index in [0.717, 1.165) is 13.9 Å². The van der Waals surface area contributed by atoms with E-state index in [-0.39, 0.29) is 5.56 Å². The van der Waals surface area contributed by atoms with Crippen LogP contribution in [-0.4, -0.2) is 11.1 Å². The van der Waals surface area contributed by atoms with Gasteiger partial charge >= 0.3 is 5.97 Å². The lowest BCUT2D eigenvalue weighted by Gasteiger charge is -2.07. The number of rotatable bonds is 4. The largest absolute Gasteiger partial charge is 0.478 e. The fourth-order valence-electron chi connectivity index (χ4n) is 1.45. The number of nitrogens with one attached hydrogen (secondary N) is 1. The molecule has 0 bridgehead atoms. The van der Waals surface area contributed by atoms with Crippen molar-refractivity contribution in [1.82, 2.24) is 0 Å². The van der Waals surface area contributed by atoms with Crippen molar-refractivity contribution in [2.45, 2.75) is 6.54 Å². The highest BCUT2D eigenvalue weighted by atomic mass is 79.9. The van der Waals surface area contributed by atoms with Crippen LogP contribution in [0.1, 0.15) is 15.2 Å². The predicted molar refractivity (Wildman–Crippen MR) is 80.4 cm³/mol. The summed E-state index contributed by atoms with van der Waals surface area (Å²) in [4.78, 5) is 12.1. The molecule has 1 heterocycles. The van der Waals surface area contributed by atoms with Crippen molar-refractivity contribution < 1.29 is 9.90 Å². The van der Waals surface area contributed by atoms with E-state index < -0.39 is 5.97 Å². The number of hydrogen-bond donors (Lipinski definition) is 2. The predicted octanol–water partition coefficient (Wildman–Crippen LogP) is 4.58. The number of aromatic carboxylic acids is 1. The monoisotopic (exact) mass is 389 g/mol. The molecule has 0 spiro atoms. The lowest BCUT2D eigenvalue weighted by Crippen LogP contribution is -2.01. The standard InChI is InChI=1S/C12H9Br2NO2S/c13-8-3-7(12(16)17)4-9(5-8)15-6-10-1-2-11(14)18-10/h1-5,15H,6H2,(H,16,17). The van der Waals surface area contributed by atoms with E-state index in [2.05, 4.69) is 37.2 Å². The third-order valence-corrected chi connectivity index (χ3v) is 4.32. The molecule has 2 N–H and O–H groups in total. The van der Waals surface area contributed by atoms with E-state index >= 15 is 0 Å². The molecule has 0 atom stereocenters. The molecular weight excluding hydrogens is 382 g/mol. The summed E-state index contributed by atoms with van der Waals surface area (Å²) in [6.07, 6.45) is 0. The first-order chi connectivity index (χ1) is 8.54. The van der Waals surface area contributed by atoms with Gasteiger partial charge in [-0.15, -0.1) is 11.3 Å². The van der Waals surface area contributed by atoms with Gasteiger partial charge in [0.25, 0.3) is 0 Å². The number of anilines is 1. The number of carboxylic acid groups (broad SMARTS) is 1. The summed E-state index contributed by atoms with van der Waals surface area (Å²) in [6, 6.07) is 9.07. The number of hydrogen-bond acceptors (Lipinski definition) is 3. The Balaban J connectivity index is 2.11. The van der Waals surface area contributed by atoms with E-state index in [1.807, 2.05) is 18.2 Å². The highest BCUT2D eigenvalue weighted by Crippen LogP contribution is 2.24. The van der Waals surface area contributed by atoms with Crippen LogP contribution in [0.15, 0.2) is 38.6 Å². The third kappa shape index (κ3) is 3.57. The molecule has 0 saturated heterocycles. The van der Waals surface area contributed by atoms with Gasteiger partial charge < -0.3 is 10.4 Å². The van der Waals surface area contributed by atoms with Crippen LogP contribution >= 0.6 is 43.2 Å². The van der Waals surface area contributed by atoms with Gasteiger partial charge in [0.05, 0.1) is 9.35 Å². The maximum atomic E-state index is 10.9. The van der Waals surface area contributed by atoms with Gasteiger partial charge in [-0.2, -0.15) is 0 Å². The second kappa shape index (κ2) is 5.86. The van der Waals surface area contributed by atoms with E-state index in [0.29, 0.717) is 6.54 Å². The molecule has 0 fully saturated rings. The summed E-state index contributed by atoms with van der Waals surface area (Å²) in [5.41, 5.74) is 1.05. The zero-order valence-corrected chi connectivity index (χ0v) is 13.1. The van der Waals surface area contributed by atoms with Crippen molar-refractivity contribution in [2.75, 3.05) is 5.32 Å². The molecule has 0 aliphatic rings. The number of thiophene rings is 1. The summed E-state index contributed by atoms with van der Waals surface area (Å²) in [5, 5.41) is 12.2. The van der Waals surface area contributed by atoms with Gasteiger partial charge in [-0.3, -0.25) is 0 Å². The summed E-state index contributed by atoms with van der Waals surface area (Å²) in [6.45, 7) is 0.672. The van der Waals surface area contributed by atoms with Crippen LogP contribution in [0.2, 0.25) is 0 Å². The maximum absolute atomic E-state index is 10.9. The first-order valence-corrected chi connectivity index (χ1v) is 7.47. The molecule has 18 heavy (non-hydrogen) atoms. The molecule has 6 heteroatoms. The highest BCUT2D eigenvalue weighted by Gasteiger charge is 2.06. The third-order valence-electron chi connectivity index (χ3n) is 2.24. The summed E-state index contributed by atoms with van der Waals surface area (Å²) in [7, 11) is 0. The Morgan fingerprint density at radius 1 is 1.28 bits per heavy atom. The second-order valence-corrected chi connectivity index (χ2v) is 7.06. The average molecular weight is 391 g/mol. The van der Waals surface area contributed by atoms with Crippen LogP contribution < -0.4 is 5.32 Å². The van der Waals surface area contributed by atoms with Gasteiger partial charge in [0.1, 0.15) is 0 Å². The van der Waals surface area contributed by atoms with E-state index in [9.17, 15) is 4.79 Å². The first kappa shape index (κ1) is 13.6. The molecule has 0 unspecified atom stereocenters. The van der Waals surface area contributed by atoms with Gasteiger partial charge in [0, 0.05) is 21.6 Å². The Bertz CT molecular complexity index is 583. The van der Waals surface area contributed by atoms with Crippen molar-refractivity contribution in [1.29, 1.82) is 0 Å². The number of carboxylic acids is 1. The van der Waals surface area contributed by atoms with Crippen LogP contribution in [0.5, 0.6) is 0 Å². The number of benzene rings is 1. The van der Waals surface area contributed by atoms with Gasteiger partial charge in [-0.25, -0.2) is 4.79 Å². The Kier molecular flexibility index (Phi) is 4.42. The van der Waals surface area contributed by atoms with E-state index in [4.69, 9.17) is 5.11 Å². The fraction of sp³-hybridized carbons (Fsp3) is 0.0833. The van der Waals surface area contributed by atoms with Crippen LogP contribution in [-0.2, 0) is 6.54 Å². The minimum Gasteiger partial charge on any atom is -0.478 e. The Morgan fingerprint density at radius 2 is 2.06 bits per heavy atom. The van der Waals surface area contributed by atoms with Gasteiger partial charge in [-0.1, -0.05) is 15.9 Å². The van der Waals surface area contributed by atoms with Crippen molar-refractivity contribution >= 4 is 54.9 Å². The van der Waals surface area contributed by atoms with Crippen molar-refractivity contribution in [3.8, 4) is 0 Å². The zero-order chi connectivity index (χ0) is 13.1. The molecule has 2 aromatic rings. The lowest BCUT2D eigenvalue weighted by molar-refractivity contribution is 0.0697. The van der Waals surface area contributed by atoms with Crippen molar-refractivity contribution in [3.05, 3.63) is 49.0 Å². The molecule has 0 aliphatic carbocycles. The Labute approximate surface area is 125 Å². The quantitative estimate of drug-likeness (QED) is 0.802. The summed E-state index contributed by atoms with van der Waals surface area (Å²) in [5.74, 6) is -0.932. The van der Waals surface area contributed by atoms with Crippen LogP contribution in [0.3, 0.4) is 0 Å². The van der Waals surface area contributed by atoms with Gasteiger partial charge in [0.2, 0.25) is 0 Å². The normalized spacial score (nSPS) is 10.3. The summed E-state index contributed by atoms with van der Waals surface area (Å²) < 4.78 is 1.83. The van der Waals surface area contributed by atoms with E-state index in [1.165, 1.54) is 4.88 Å². The van der Waals surface area contributed by atoms with Crippen LogP contribution in [0, 0.1) is 0 Å². The molecule has 3 nitrogen and oxygen atoms in total. The molecular formula is C12H9Br2NO2S. The molecule has 0 radical (unpaired) electrons. The number of carbonyl (C=O) groups is 1. The molecule has 1 aromatic heterocycles. The smallest absolute Gasteiger partial charge is 0.335 e. The first-order valence-electron chi connectivity index (χ1n) is 5.06. The van der Waals surface area contributed by atoms with Crippen molar-refractivity contribution in [2.24, 2.45) is 0 Å². The van der Waals surface area contributed by atoms with Crippen LogP contribution in [0.4, 0.5) is 5.69 Å². The van der Waals surface area contributed by atoms with Gasteiger partial charge in [0.15, 0.2) is 0 Å². The summed E-state index contributed by atoms with van der Waals surface area (Å²) >= 11 is 8.36. The molecule has 2 rings (SSSR count). The Morgan fingerprint density at radius 3 is 2.67 bits per heavy atom. The Hall–Kier alpha value is -0.850. The molecule has 94 valence electrons. The van der Waals surface area contributed by atoms with Gasteiger partial charge in [-0.05, 0) is 46.3 Å². The molecule has 0 saturated carbocycles. The molecule has 1 aromatic carbocycles. The highest BCUT2D eigenvalue weighted by molar-refractivity contribution is 9.11. The fourth-order valence-corrected chi connectivity index (χ4v) is 3.37. The SMILES string of the molecule is O=C(O)c1cc(Br)cc(NCc2ccc(Br)s2)c1. The topological polar surface area (TPSA) is 49.3 Å². The average Bonchev–Trinajstić information content (AvgIpc) is 2.72. The van der Waals surface area contributed by atoms with Crippen LogP contribution in [0.25, 0.3) is 0 Å². The molecule has 0 aliphatic heterocycles. The molecule has 0 amide bonds. The number of halogens is 2. The second-order valence-electron chi connectivity index (χ2n) is 3.59. The van der Waals surface area contributed by atoms with E-state index in [1.54, 1.807) is 23.5 Å². The van der Waals surface area contributed by atoms with Crippen molar-refractivity contribution in [3.63, 3.8) is 0 Å². The lowest BCUT2D eigenvalue weighted by atomic mass is 10.2.